The first kappa shape index (κ1) is 19.4. The van der Waals surface area contributed by atoms with Crippen LogP contribution in [0.3, 0.4) is 0 Å². The number of rotatable bonds is 0. The number of nitrogen functional groups attached to an aromatic ring is 2. The van der Waals surface area contributed by atoms with Crippen molar-refractivity contribution in [3.8, 4) is 0 Å². The number of benzene rings is 2. The van der Waals surface area contributed by atoms with Crippen molar-refractivity contribution < 1.29 is 0 Å². The number of hydrogen-bond donors (Lipinski definition) is 2. The minimum atomic E-state index is 0.0620. The predicted molar refractivity (Wildman–Crippen MR) is 104 cm³/mol. The van der Waals surface area contributed by atoms with Crippen LogP contribution in [0.2, 0.25) is 5.02 Å². The largest absolute Gasteiger partial charge is 0.399 e. The highest BCUT2D eigenvalue weighted by Gasteiger charge is 2.17. The molecule has 0 amide bonds. The molecule has 0 aliphatic carbocycles. The molecule has 0 unspecified atom stereocenters. The second kappa shape index (κ2) is 7.27. The summed E-state index contributed by atoms with van der Waals surface area (Å²) in [5.74, 6) is 0. The number of nitrogens with two attached hydrogens (primary N) is 2. The summed E-state index contributed by atoms with van der Waals surface area (Å²) >= 11 is 6.03. The third kappa shape index (κ3) is 6.15. The van der Waals surface area contributed by atoms with E-state index in [1.165, 1.54) is 5.56 Å². The van der Waals surface area contributed by atoms with Crippen LogP contribution >= 0.6 is 11.6 Å². The van der Waals surface area contributed by atoms with Gasteiger partial charge in [0.2, 0.25) is 0 Å². The fourth-order valence-electron chi connectivity index (χ4n) is 2.12. The average Bonchev–Trinajstić information content (AvgIpc) is 2.40. The quantitative estimate of drug-likeness (QED) is 0.600. The summed E-state index contributed by atoms with van der Waals surface area (Å²) in [4.78, 5) is 0. The molecule has 0 aliphatic rings. The topological polar surface area (TPSA) is 52.0 Å². The van der Waals surface area contributed by atoms with Crippen LogP contribution in [0.25, 0.3) is 0 Å². The van der Waals surface area contributed by atoms with Gasteiger partial charge in [-0.1, -0.05) is 65.3 Å². The van der Waals surface area contributed by atoms with Gasteiger partial charge in [0.25, 0.3) is 0 Å². The Hall–Kier alpha value is -1.67. The maximum atomic E-state index is 6.03. The first-order chi connectivity index (χ1) is 10.4. The summed E-state index contributed by atoms with van der Waals surface area (Å²) in [6.45, 7) is 12.9. The summed E-state index contributed by atoms with van der Waals surface area (Å²) < 4.78 is 0. The van der Waals surface area contributed by atoms with Crippen molar-refractivity contribution in [3.63, 3.8) is 0 Å². The molecule has 2 nitrogen and oxygen atoms in total. The monoisotopic (exact) mass is 332 g/mol. The van der Waals surface area contributed by atoms with Gasteiger partial charge in [0.05, 0.1) is 0 Å². The summed E-state index contributed by atoms with van der Waals surface area (Å²) in [5, 5.41) is 0.789. The fraction of sp³-hybridized carbons (Fsp3) is 0.400. The first-order valence-corrected chi connectivity index (χ1v) is 8.20. The van der Waals surface area contributed by atoms with Gasteiger partial charge in [0, 0.05) is 16.4 Å². The second-order valence-corrected chi connectivity index (χ2v) is 8.27. The van der Waals surface area contributed by atoms with Gasteiger partial charge >= 0.3 is 0 Å². The molecule has 4 N–H and O–H groups in total. The Kier molecular flexibility index (Phi) is 6.12. The highest BCUT2D eigenvalue weighted by Crippen LogP contribution is 2.30. The van der Waals surface area contributed by atoms with Crippen LogP contribution in [0.4, 0.5) is 11.4 Å². The Bertz CT molecular complexity index is 649. The summed E-state index contributed by atoms with van der Waals surface area (Å²) in [6.07, 6.45) is 0. The molecule has 2 aromatic carbocycles. The highest BCUT2D eigenvalue weighted by atomic mass is 35.5. The van der Waals surface area contributed by atoms with Crippen molar-refractivity contribution in [2.45, 2.75) is 52.4 Å². The van der Waals surface area contributed by atoms with E-state index in [0.29, 0.717) is 0 Å². The van der Waals surface area contributed by atoms with Gasteiger partial charge in [-0.2, -0.15) is 0 Å². The van der Waals surface area contributed by atoms with Gasteiger partial charge in [-0.3, -0.25) is 0 Å². The van der Waals surface area contributed by atoms with Crippen LogP contribution < -0.4 is 11.5 Å². The third-order valence-corrected chi connectivity index (χ3v) is 3.88. The lowest BCUT2D eigenvalue weighted by Crippen LogP contribution is -2.12. The van der Waals surface area contributed by atoms with Crippen molar-refractivity contribution >= 4 is 23.0 Å². The van der Waals surface area contributed by atoms with E-state index in [1.54, 1.807) is 0 Å². The predicted octanol–water partition coefficient (Wildman–Crippen LogP) is 5.79. The first-order valence-electron chi connectivity index (χ1n) is 7.83. The van der Waals surface area contributed by atoms with E-state index in [0.717, 1.165) is 22.0 Å². The Morgan fingerprint density at radius 1 is 0.739 bits per heavy atom. The Balaban J connectivity index is 0.000000231. The summed E-state index contributed by atoms with van der Waals surface area (Å²) in [7, 11) is 0. The summed E-state index contributed by atoms with van der Waals surface area (Å²) in [5.41, 5.74) is 15.6. The molecule has 0 atom stereocenters. The number of hydrogen-bond acceptors (Lipinski definition) is 2. The highest BCUT2D eigenvalue weighted by molar-refractivity contribution is 6.31. The smallest absolute Gasteiger partial charge is 0.0444 e. The molecule has 0 aromatic heterocycles. The van der Waals surface area contributed by atoms with Crippen molar-refractivity contribution in [1.29, 1.82) is 0 Å². The molecule has 0 spiro atoms. The molecule has 0 radical (unpaired) electrons. The van der Waals surface area contributed by atoms with E-state index in [2.05, 4.69) is 47.6 Å². The van der Waals surface area contributed by atoms with E-state index in [1.807, 2.05) is 36.4 Å². The molecule has 2 aromatic rings. The zero-order valence-electron chi connectivity index (χ0n) is 15.1. The molecular formula is C20H29ClN2. The molecule has 0 aliphatic heterocycles. The van der Waals surface area contributed by atoms with Crippen LogP contribution in [0, 0.1) is 0 Å². The van der Waals surface area contributed by atoms with Gasteiger partial charge in [0.15, 0.2) is 0 Å². The molecule has 126 valence electrons. The average molecular weight is 333 g/mol. The molecule has 0 fully saturated rings. The molecule has 23 heavy (non-hydrogen) atoms. The Morgan fingerprint density at radius 3 is 1.70 bits per heavy atom. The summed E-state index contributed by atoms with van der Waals surface area (Å²) in [6, 6.07) is 13.6. The van der Waals surface area contributed by atoms with Gasteiger partial charge in [0.1, 0.15) is 0 Å². The van der Waals surface area contributed by atoms with Crippen molar-refractivity contribution in [3.05, 3.63) is 58.6 Å². The lowest BCUT2D eigenvalue weighted by Gasteiger charge is -2.20. The molecule has 0 saturated carbocycles. The van der Waals surface area contributed by atoms with E-state index in [-0.39, 0.29) is 10.8 Å². The van der Waals surface area contributed by atoms with E-state index < -0.39 is 0 Å². The van der Waals surface area contributed by atoms with Crippen LogP contribution in [0.15, 0.2) is 42.5 Å². The van der Waals surface area contributed by atoms with Crippen molar-refractivity contribution in [2.75, 3.05) is 11.5 Å². The van der Waals surface area contributed by atoms with Crippen molar-refractivity contribution in [2.24, 2.45) is 0 Å². The molecular weight excluding hydrogens is 304 g/mol. The maximum Gasteiger partial charge on any atom is 0.0444 e. The zero-order chi connectivity index (χ0) is 17.8. The van der Waals surface area contributed by atoms with Gasteiger partial charge in [-0.05, 0) is 52.3 Å². The lowest BCUT2D eigenvalue weighted by molar-refractivity contribution is 0.590. The van der Waals surface area contributed by atoms with E-state index >= 15 is 0 Å². The van der Waals surface area contributed by atoms with Crippen molar-refractivity contribution in [1.82, 2.24) is 0 Å². The van der Waals surface area contributed by atoms with Gasteiger partial charge < -0.3 is 11.5 Å². The molecule has 2 rings (SSSR count). The third-order valence-electron chi connectivity index (χ3n) is 3.55. The molecule has 3 heteroatoms. The minimum Gasteiger partial charge on any atom is -0.399 e. The van der Waals surface area contributed by atoms with Crippen LogP contribution in [-0.4, -0.2) is 0 Å². The minimum absolute atomic E-state index is 0.0620. The molecule has 0 heterocycles. The van der Waals surface area contributed by atoms with Crippen LogP contribution in [0.5, 0.6) is 0 Å². The number of halogens is 1. The van der Waals surface area contributed by atoms with Crippen LogP contribution in [-0.2, 0) is 10.8 Å². The second-order valence-electron chi connectivity index (χ2n) is 7.86. The Morgan fingerprint density at radius 2 is 1.30 bits per heavy atom. The SMILES string of the molecule is CC(C)(C)c1cc(N)ccc1Cl.CC(C)(C)c1cccc(N)c1. The van der Waals surface area contributed by atoms with E-state index in [4.69, 9.17) is 23.1 Å². The van der Waals surface area contributed by atoms with E-state index in [9.17, 15) is 0 Å². The number of anilines is 2. The van der Waals surface area contributed by atoms with Gasteiger partial charge in [-0.25, -0.2) is 0 Å². The normalized spacial score (nSPS) is 11.6. The van der Waals surface area contributed by atoms with Gasteiger partial charge in [-0.15, -0.1) is 0 Å². The Labute approximate surface area is 145 Å². The molecule has 0 bridgehead atoms. The lowest BCUT2D eigenvalue weighted by atomic mass is 9.87. The fourth-order valence-corrected chi connectivity index (χ4v) is 2.52. The maximum absolute atomic E-state index is 6.03. The zero-order valence-corrected chi connectivity index (χ0v) is 15.8. The molecule has 0 saturated heterocycles. The standard InChI is InChI=1S/C10H14ClN.C10H15N/c1-10(2,3)8-6-7(12)4-5-9(8)11;1-10(2,3)8-5-4-6-9(11)7-8/h4-6H,12H2,1-3H3;4-7H,11H2,1-3H3. The van der Waals surface area contributed by atoms with Crippen LogP contribution in [0.1, 0.15) is 52.7 Å².